The van der Waals surface area contributed by atoms with Crippen molar-refractivity contribution < 1.29 is 9.53 Å². The van der Waals surface area contributed by atoms with Crippen molar-refractivity contribution in [3.63, 3.8) is 0 Å². The first-order chi connectivity index (χ1) is 7.58. The van der Waals surface area contributed by atoms with Crippen molar-refractivity contribution in [1.29, 1.82) is 0 Å². The Morgan fingerprint density at radius 3 is 2.94 bits per heavy atom. The Balaban J connectivity index is 2.30. The van der Waals surface area contributed by atoms with Crippen LogP contribution in [0.25, 0.3) is 0 Å². The molecule has 1 aromatic rings. The van der Waals surface area contributed by atoms with Crippen LogP contribution in [-0.2, 0) is 11.2 Å². The summed E-state index contributed by atoms with van der Waals surface area (Å²) in [6.07, 6.45) is 2.04. The number of fused-ring (bicyclic) bond motifs is 1. The molecule has 2 nitrogen and oxygen atoms in total. The van der Waals surface area contributed by atoms with Gasteiger partial charge in [0.25, 0.3) is 0 Å². The van der Waals surface area contributed by atoms with Gasteiger partial charge in [-0.1, -0.05) is 18.2 Å². The summed E-state index contributed by atoms with van der Waals surface area (Å²) in [6, 6.07) is 5.38. The minimum atomic E-state index is -0.0642. The van der Waals surface area contributed by atoms with E-state index in [1.165, 1.54) is 6.26 Å². The Morgan fingerprint density at radius 2 is 2.25 bits per heavy atom. The van der Waals surface area contributed by atoms with Crippen molar-refractivity contribution in [3.8, 4) is 5.75 Å². The molecule has 2 rings (SSSR count). The molecule has 0 bridgehead atoms. The first-order valence-electron chi connectivity index (χ1n) is 4.92. The standard InChI is InChI=1S/C13H11ClO2/c1-8(2)13(15)10-5-9-6-11(14)3-4-12(9)16-7-10/h3-4,6-7H,1,5H2,2H3. The van der Waals surface area contributed by atoms with E-state index in [1.54, 1.807) is 19.1 Å². The third-order valence-electron chi connectivity index (χ3n) is 2.41. The molecule has 0 saturated carbocycles. The second-order valence-electron chi connectivity index (χ2n) is 3.80. The van der Waals surface area contributed by atoms with Crippen molar-refractivity contribution in [1.82, 2.24) is 0 Å². The number of carbonyl (C=O) groups excluding carboxylic acids is 1. The van der Waals surface area contributed by atoms with Gasteiger partial charge in [-0.25, -0.2) is 0 Å². The Bertz CT molecular complexity index is 501. The molecule has 0 spiro atoms. The number of rotatable bonds is 2. The van der Waals surface area contributed by atoms with Crippen LogP contribution in [0.2, 0.25) is 5.02 Å². The Hall–Kier alpha value is -1.54. The van der Waals surface area contributed by atoms with Crippen LogP contribution in [0.1, 0.15) is 12.5 Å². The lowest BCUT2D eigenvalue weighted by atomic mass is 9.97. The molecule has 0 saturated heterocycles. The molecule has 82 valence electrons. The molecule has 16 heavy (non-hydrogen) atoms. The fraction of sp³-hybridized carbons (Fsp3) is 0.154. The number of halogens is 1. The first kappa shape index (κ1) is 11.0. The summed E-state index contributed by atoms with van der Waals surface area (Å²) in [5.41, 5.74) is 2.06. The van der Waals surface area contributed by atoms with Crippen LogP contribution in [0.4, 0.5) is 0 Å². The molecule has 1 aliphatic heterocycles. The number of Topliss-reactive ketones (excluding diaryl/α,β-unsaturated/α-hetero) is 1. The van der Waals surface area contributed by atoms with Gasteiger partial charge < -0.3 is 4.74 Å². The number of carbonyl (C=O) groups is 1. The van der Waals surface area contributed by atoms with Crippen molar-refractivity contribution in [2.45, 2.75) is 13.3 Å². The van der Waals surface area contributed by atoms with E-state index in [0.717, 1.165) is 11.3 Å². The maximum Gasteiger partial charge on any atom is 0.187 e. The lowest BCUT2D eigenvalue weighted by Gasteiger charge is -2.16. The SMILES string of the molecule is C=C(C)C(=O)C1=COc2ccc(Cl)cc2C1. The fourth-order valence-corrected chi connectivity index (χ4v) is 1.79. The zero-order chi connectivity index (χ0) is 11.7. The average molecular weight is 235 g/mol. The van der Waals surface area contributed by atoms with Crippen molar-refractivity contribution in [3.05, 3.63) is 52.8 Å². The van der Waals surface area contributed by atoms with Gasteiger partial charge in [0, 0.05) is 22.6 Å². The molecule has 1 aliphatic rings. The number of benzene rings is 1. The molecule has 1 heterocycles. The maximum absolute atomic E-state index is 11.7. The monoisotopic (exact) mass is 234 g/mol. The van der Waals surface area contributed by atoms with Gasteiger partial charge in [0.2, 0.25) is 0 Å². The van der Waals surface area contributed by atoms with Crippen LogP contribution in [0, 0.1) is 0 Å². The van der Waals surface area contributed by atoms with Crippen molar-refractivity contribution in [2.75, 3.05) is 0 Å². The summed E-state index contributed by atoms with van der Waals surface area (Å²) in [5.74, 6) is 0.688. The highest BCUT2D eigenvalue weighted by molar-refractivity contribution is 6.30. The summed E-state index contributed by atoms with van der Waals surface area (Å²) in [7, 11) is 0. The topological polar surface area (TPSA) is 26.3 Å². The summed E-state index contributed by atoms with van der Waals surface area (Å²) >= 11 is 5.89. The van der Waals surface area contributed by atoms with E-state index in [9.17, 15) is 4.79 Å². The van der Waals surface area contributed by atoms with E-state index in [-0.39, 0.29) is 5.78 Å². The molecule has 1 aromatic carbocycles. The van der Waals surface area contributed by atoms with Gasteiger partial charge in [-0.15, -0.1) is 0 Å². The maximum atomic E-state index is 11.7. The second-order valence-corrected chi connectivity index (χ2v) is 4.24. The average Bonchev–Trinajstić information content (AvgIpc) is 2.26. The molecule has 0 atom stereocenters. The van der Waals surface area contributed by atoms with Gasteiger partial charge in [-0.2, -0.15) is 0 Å². The Morgan fingerprint density at radius 1 is 1.50 bits per heavy atom. The van der Waals surface area contributed by atoms with Crippen LogP contribution >= 0.6 is 11.6 Å². The summed E-state index contributed by atoms with van der Waals surface area (Å²) < 4.78 is 5.38. The number of hydrogen-bond acceptors (Lipinski definition) is 2. The quantitative estimate of drug-likeness (QED) is 0.734. The van der Waals surface area contributed by atoms with E-state index >= 15 is 0 Å². The highest BCUT2D eigenvalue weighted by Gasteiger charge is 2.18. The minimum Gasteiger partial charge on any atom is -0.464 e. The smallest absolute Gasteiger partial charge is 0.187 e. The number of ether oxygens (including phenoxy) is 1. The minimum absolute atomic E-state index is 0.0642. The van der Waals surface area contributed by atoms with Gasteiger partial charge >= 0.3 is 0 Å². The fourth-order valence-electron chi connectivity index (χ4n) is 1.59. The molecular formula is C13H11ClO2. The van der Waals surface area contributed by atoms with E-state index < -0.39 is 0 Å². The molecule has 0 radical (unpaired) electrons. The van der Waals surface area contributed by atoms with Crippen LogP contribution < -0.4 is 4.74 Å². The molecule has 3 heteroatoms. The first-order valence-corrected chi connectivity index (χ1v) is 5.30. The lowest BCUT2D eigenvalue weighted by molar-refractivity contribution is -0.112. The summed E-state index contributed by atoms with van der Waals surface area (Å²) in [5, 5.41) is 0.645. The van der Waals surface area contributed by atoms with Gasteiger partial charge in [-0.3, -0.25) is 4.79 Å². The molecule has 0 aromatic heterocycles. The van der Waals surface area contributed by atoms with E-state index in [1.807, 2.05) is 6.07 Å². The Kier molecular flexibility index (Phi) is 2.84. The Labute approximate surface area is 99.2 Å². The van der Waals surface area contributed by atoms with Crippen molar-refractivity contribution in [2.24, 2.45) is 0 Å². The highest BCUT2D eigenvalue weighted by Crippen LogP contribution is 2.29. The molecule has 0 amide bonds. The van der Waals surface area contributed by atoms with Crippen LogP contribution in [0.5, 0.6) is 5.75 Å². The molecule has 0 unspecified atom stereocenters. The number of hydrogen-bond donors (Lipinski definition) is 0. The predicted octanol–water partition coefficient (Wildman–Crippen LogP) is 3.30. The van der Waals surface area contributed by atoms with Gasteiger partial charge in [0.15, 0.2) is 5.78 Å². The molecule has 0 N–H and O–H groups in total. The zero-order valence-corrected chi connectivity index (χ0v) is 9.67. The lowest BCUT2D eigenvalue weighted by Crippen LogP contribution is -2.11. The molecule has 0 fully saturated rings. The van der Waals surface area contributed by atoms with Crippen molar-refractivity contribution >= 4 is 17.4 Å². The van der Waals surface area contributed by atoms with Gasteiger partial charge in [0.05, 0.1) is 6.26 Å². The summed E-state index contributed by atoms with van der Waals surface area (Å²) in [4.78, 5) is 11.7. The summed E-state index contributed by atoms with van der Waals surface area (Å²) in [6.45, 7) is 5.32. The van der Waals surface area contributed by atoms with E-state index in [0.29, 0.717) is 22.6 Å². The normalized spacial score (nSPS) is 13.5. The third-order valence-corrected chi connectivity index (χ3v) is 2.65. The van der Waals surface area contributed by atoms with E-state index in [2.05, 4.69) is 6.58 Å². The predicted molar refractivity (Wildman–Crippen MR) is 63.7 cm³/mol. The largest absolute Gasteiger partial charge is 0.464 e. The van der Waals surface area contributed by atoms with Gasteiger partial charge in [0.1, 0.15) is 5.75 Å². The number of ketones is 1. The molecular weight excluding hydrogens is 224 g/mol. The van der Waals surface area contributed by atoms with Crippen LogP contribution in [0.15, 0.2) is 42.2 Å². The van der Waals surface area contributed by atoms with E-state index in [4.69, 9.17) is 16.3 Å². The van der Waals surface area contributed by atoms with Crippen LogP contribution in [-0.4, -0.2) is 5.78 Å². The highest BCUT2D eigenvalue weighted by atomic mass is 35.5. The van der Waals surface area contributed by atoms with Gasteiger partial charge in [-0.05, 0) is 30.7 Å². The van der Waals surface area contributed by atoms with Crippen LogP contribution in [0.3, 0.4) is 0 Å². The third kappa shape index (κ3) is 2.02. The molecule has 0 aliphatic carbocycles. The number of allylic oxidation sites excluding steroid dienone is 2. The zero-order valence-electron chi connectivity index (χ0n) is 8.92. The second kappa shape index (κ2) is 4.14.